The summed E-state index contributed by atoms with van der Waals surface area (Å²) in [4.78, 5) is 23.3. The smallest absolute Gasteiger partial charge is 0.335 e. The van der Waals surface area contributed by atoms with E-state index in [1.165, 1.54) is 12.1 Å². The third-order valence-corrected chi connectivity index (χ3v) is 3.70. The maximum atomic E-state index is 12.2. The van der Waals surface area contributed by atoms with Crippen LogP contribution in [0, 0.1) is 13.8 Å². The maximum Gasteiger partial charge on any atom is 0.335 e. The molecule has 2 aromatic rings. The Balaban J connectivity index is 2.04. The number of carbonyl (C=O) groups excluding carboxylic acids is 1. The maximum absolute atomic E-state index is 12.2. The number of rotatable bonds is 6. The zero-order valence-electron chi connectivity index (χ0n) is 14.1. The van der Waals surface area contributed by atoms with Crippen molar-refractivity contribution >= 4 is 11.9 Å². The van der Waals surface area contributed by atoms with Gasteiger partial charge in [0.15, 0.2) is 0 Å². The molecule has 0 aliphatic heterocycles. The van der Waals surface area contributed by atoms with Gasteiger partial charge in [-0.15, -0.1) is 0 Å². The van der Waals surface area contributed by atoms with E-state index in [-0.39, 0.29) is 11.5 Å². The fraction of sp³-hybridized carbons (Fsp3) is 0.263. The lowest BCUT2D eigenvalue weighted by Crippen LogP contribution is -2.26. The van der Waals surface area contributed by atoms with E-state index in [2.05, 4.69) is 5.32 Å². The highest BCUT2D eigenvalue weighted by molar-refractivity contribution is 5.97. The van der Waals surface area contributed by atoms with E-state index in [9.17, 15) is 9.59 Å². The molecular formula is C19H21NO4. The molecule has 0 atom stereocenters. The molecule has 0 unspecified atom stereocenters. The van der Waals surface area contributed by atoms with Gasteiger partial charge in [-0.25, -0.2) is 4.79 Å². The van der Waals surface area contributed by atoms with Crippen molar-refractivity contribution < 1.29 is 19.4 Å². The van der Waals surface area contributed by atoms with E-state index in [4.69, 9.17) is 9.84 Å². The monoisotopic (exact) mass is 327 g/mol. The zero-order chi connectivity index (χ0) is 17.7. The molecule has 0 bridgehead atoms. The molecule has 0 fully saturated rings. The first-order chi connectivity index (χ1) is 11.4. The summed E-state index contributed by atoms with van der Waals surface area (Å²) in [5.74, 6) is -0.538. The SMILES string of the molecule is COc1ccc(C)cc1CCNC(=O)c1cc(C)cc(C(=O)O)c1. The Morgan fingerprint density at radius 3 is 2.42 bits per heavy atom. The number of hydrogen-bond acceptors (Lipinski definition) is 3. The quantitative estimate of drug-likeness (QED) is 0.855. The van der Waals surface area contributed by atoms with Crippen molar-refractivity contribution in [1.29, 1.82) is 0 Å². The van der Waals surface area contributed by atoms with Crippen molar-refractivity contribution in [2.45, 2.75) is 20.3 Å². The summed E-state index contributed by atoms with van der Waals surface area (Å²) >= 11 is 0. The summed E-state index contributed by atoms with van der Waals surface area (Å²) in [5, 5.41) is 11.9. The minimum atomic E-state index is -1.04. The van der Waals surface area contributed by atoms with Crippen molar-refractivity contribution in [3.8, 4) is 5.75 Å². The fourth-order valence-corrected chi connectivity index (χ4v) is 2.55. The first kappa shape index (κ1) is 17.5. The summed E-state index contributed by atoms with van der Waals surface area (Å²) in [6.07, 6.45) is 0.633. The molecule has 0 aliphatic rings. The number of hydrogen-bond donors (Lipinski definition) is 2. The van der Waals surface area contributed by atoms with Crippen molar-refractivity contribution in [3.05, 3.63) is 64.2 Å². The zero-order valence-corrected chi connectivity index (χ0v) is 14.1. The van der Waals surface area contributed by atoms with Gasteiger partial charge in [-0.2, -0.15) is 0 Å². The molecule has 126 valence electrons. The van der Waals surface area contributed by atoms with Crippen LogP contribution in [-0.2, 0) is 6.42 Å². The molecule has 24 heavy (non-hydrogen) atoms. The predicted molar refractivity (Wildman–Crippen MR) is 91.9 cm³/mol. The summed E-state index contributed by atoms with van der Waals surface area (Å²) in [6.45, 7) is 4.21. The highest BCUT2D eigenvalue weighted by atomic mass is 16.5. The van der Waals surface area contributed by atoms with Gasteiger partial charge in [-0.05, 0) is 55.7 Å². The van der Waals surface area contributed by atoms with Crippen LogP contribution in [0.1, 0.15) is 37.4 Å². The second-order valence-corrected chi connectivity index (χ2v) is 5.71. The number of methoxy groups -OCH3 is 1. The van der Waals surface area contributed by atoms with Gasteiger partial charge in [0, 0.05) is 12.1 Å². The summed E-state index contributed by atoms with van der Waals surface area (Å²) in [5.41, 5.74) is 3.35. The minimum Gasteiger partial charge on any atom is -0.496 e. The summed E-state index contributed by atoms with van der Waals surface area (Å²) in [7, 11) is 1.62. The topological polar surface area (TPSA) is 75.6 Å². The number of amides is 1. The van der Waals surface area contributed by atoms with Crippen LogP contribution in [0.15, 0.2) is 36.4 Å². The van der Waals surface area contributed by atoms with Crippen LogP contribution in [0.25, 0.3) is 0 Å². The van der Waals surface area contributed by atoms with Crippen LogP contribution in [0.3, 0.4) is 0 Å². The van der Waals surface area contributed by atoms with Crippen LogP contribution in [0.5, 0.6) is 5.75 Å². The largest absolute Gasteiger partial charge is 0.496 e. The van der Waals surface area contributed by atoms with Gasteiger partial charge in [-0.1, -0.05) is 17.7 Å². The first-order valence-corrected chi connectivity index (χ1v) is 7.67. The molecule has 2 rings (SSSR count). The van der Waals surface area contributed by atoms with Gasteiger partial charge in [0.25, 0.3) is 5.91 Å². The molecule has 0 radical (unpaired) electrons. The third-order valence-electron chi connectivity index (χ3n) is 3.70. The van der Waals surface area contributed by atoms with Gasteiger partial charge in [0.1, 0.15) is 5.75 Å². The molecule has 1 amide bonds. The van der Waals surface area contributed by atoms with Crippen LogP contribution in [0.4, 0.5) is 0 Å². The first-order valence-electron chi connectivity index (χ1n) is 7.67. The second-order valence-electron chi connectivity index (χ2n) is 5.71. The second kappa shape index (κ2) is 7.64. The Bertz CT molecular complexity index is 768. The number of carboxylic acid groups (broad SMARTS) is 1. The molecular weight excluding hydrogens is 306 g/mol. The Morgan fingerprint density at radius 1 is 1.04 bits per heavy atom. The predicted octanol–water partition coefficient (Wildman–Crippen LogP) is 2.98. The Hall–Kier alpha value is -2.82. The average Bonchev–Trinajstić information content (AvgIpc) is 2.54. The third kappa shape index (κ3) is 4.35. The van der Waals surface area contributed by atoms with Gasteiger partial charge in [-0.3, -0.25) is 4.79 Å². The van der Waals surface area contributed by atoms with Crippen LogP contribution in [-0.4, -0.2) is 30.6 Å². The number of aryl methyl sites for hydroxylation is 2. The van der Waals surface area contributed by atoms with Crippen LogP contribution >= 0.6 is 0 Å². The summed E-state index contributed by atoms with van der Waals surface area (Å²) in [6, 6.07) is 10.5. The van der Waals surface area contributed by atoms with Crippen molar-refractivity contribution in [2.24, 2.45) is 0 Å². The highest BCUT2D eigenvalue weighted by Gasteiger charge is 2.11. The van der Waals surface area contributed by atoms with E-state index in [0.29, 0.717) is 18.5 Å². The van der Waals surface area contributed by atoms with Gasteiger partial charge in [0.05, 0.1) is 12.7 Å². The lowest BCUT2D eigenvalue weighted by molar-refractivity contribution is 0.0696. The van der Waals surface area contributed by atoms with Crippen LogP contribution in [0.2, 0.25) is 0 Å². The number of benzene rings is 2. The van der Waals surface area contributed by atoms with Crippen molar-refractivity contribution in [1.82, 2.24) is 5.32 Å². The molecule has 5 nitrogen and oxygen atoms in total. The van der Waals surface area contributed by atoms with E-state index in [1.54, 1.807) is 20.1 Å². The molecule has 0 aliphatic carbocycles. The molecule has 2 N–H and O–H groups in total. The molecule has 0 saturated carbocycles. The lowest BCUT2D eigenvalue weighted by atomic mass is 10.1. The fourth-order valence-electron chi connectivity index (χ4n) is 2.55. The molecule has 2 aromatic carbocycles. The average molecular weight is 327 g/mol. The minimum absolute atomic E-state index is 0.112. The van der Waals surface area contributed by atoms with Gasteiger partial charge in [0.2, 0.25) is 0 Å². The lowest BCUT2D eigenvalue weighted by Gasteiger charge is -2.11. The van der Waals surface area contributed by atoms with Crippen molar-refractivity contribution in [2.75, 3.05) is 13.7 Å². The summed E-state index contributed by atoms with van der Waals surface area (Å²) < 4.78 is 5.32. The number of nitrogens with one attached hydrogen (secondary N) is 1. The van der Waals surface area contributed by atoms with Crippen molar-refractivity contribution in [3.63, 3.8) is 0 Å². The Morgan fingerprint density at radius 2 is 1.75 bits per heavy atom. The Kier molecular flexibility index (Phi) is 5.58. The molecule has 0 heterocycles. The van der Waals surface area contributed by atoms with E-state index in [1.807, 2.05) is 25.1 Å². The van der Waals surface area contributed by atoms with E-state index >= 15 is 0 Å². The van der Waals surface area contributed by atoms with Gasteiger partial charge >= 0.3 is 5.97 Å². The molecule has 0 spiro atoms. The number of carboxylic acids is 1. The molecule has 0 aromatic heterocycles. The number of carbonyl (C=O) groups is 2. The van der Waals surface area contributed by atoms with Crippen LogP contribution < -0.4 is 10.1 Å². The van der Waals surface area contributed by atoms with E-state index < -0.39 is 5.97 Å². The molecule has 5 heteroatoms. The molecule has 0 saturated heterocycles. The standard InChI is InChI=1S/C19H21NO4/c1-12-4-5-17(24-3)14(8-12)6-7-20-18(21)15-9-13(2)10-16(11-15)19(22)23/h4-5,8-11H,6-7H2,1-3H3,(H,20,21)(H,22,23). The number of ether oxygens (including phenoxy) is 1. The van der Waals surface area contributed by atoms with Gasteiger partial charge < -0.3 is 15.2 Å². The normalized spacial score (nSPS) is 10.3. The van der Waals surface area contributed by atoms with E-state index in [0.717, 1.165) is 22.4 Å². The highest BCUT2D eigenvalue weighted by Crippen LogP contribution is 2.19. The number of aromatic carboxylic acids is 1. The Labute approximate surface area is 141 Å².